The number of hydrogen-bond acceptors (Lipinski definition) is 4. The van der Waals surface area contributed by atoms with Gasteiger partial charge in [0.15, 0.2) is 0 Å². The highest BCUT2D eigenvalue weighted by atomic mass is 16.2. The first-order valence-corrected chi connectivity index (χ1v) is 11.8. The molecule has 0 bridgehead atoms. The van der Waals surface area contributed by atoms with Gasteiger partial charge in [-0.15, -0.1) is 0 Å². The number of nitrogens with zero attached hydrogens (tertiary/aromatic N) is 3. The van der Waals surface area contributed by atoms with Crippen molar-refractivity contribution in [3.63, 3.8) is 0 Å². The van der Waals surface area contributed by atoms with Crippen LogP contribution >= 0.6 is 0 Å². The Morgan fingerprint density at radius 3 is 2.57 bits per heavy atom. The monoisotopic (exact) mass is 412 g/mol. The molecule has 0 radical (unpaired) electrons. The smallest absolute Gasteiger partial charge is 0.256 e. The van der Waals surface area contributed by atoms with Crippen LogP contribution in [0.4, 0.5) is 0 Å². The predicted molar refractivity (Wildman–Crippen MR) is 112 cm³/mol. The van der Waals surface area contributed by atoms with Gasteiger partial charge in [0.05, 0.1) is 23.8 Å². The summed E-state index contributed by atoms with van der Waals surface area (Å²) < 4.78 is 0. The van der Waals surface area contributed by atoms with E-state index in [1.54, 1.807) is 0 Å². The number of aromatic nitrogens is 2. The third-order valence-corrected chi connectivity index (χ3v) is 7.41. The molecule has 162 valence electrons. The number of carbonyl (C=O) groups is 2. The van der Waals surface area contributed by atoms with Crippen molar-refractivity contribution in [2.75, 3.05) is 13.1 Å². The summed E-state index contributed by atoms with van der Waals surface area (Å²) in [5, 5.41) is 0. The lowest BCUT2D eigenvalue weighted by atomic mass is 9.86. The van der Waals surface area contributed by atoms with Crippen LogP contribution in [0.1, 0.15) is 87.3 Å². The second-order valence-corrected chi connectivity index (χ2v) is 9.61. The van der Waals surface area contributed by atoms with E-state index in [2.05, 4.69) is 4.98 Å². The lowest BCUT2D eigenvalue weighted by molar-refractivity contribution is -0.134. The van der Waals surface area contributed by atoms with Crippen LogP contribution in [0.15, 0.2) is 4.79 Å². The molecule has 2 aliphatic heterocycles. The maximum Gasteiger partial charge on any atom is 0.256 e. The minimum atomic E-state index is -0.143. The van der Waals surface area contributed by atoms with Gasteiger partial charge in [-0.05, 0) is 44.4 Å². The number of carbonyl (C=O) groups excluding carboxylic acids is 2. The van der Waals surface area contributed by atoms with E-state index < -0.39 is 0 Å². The van der Waals surface area contributed by atoms with Gasteiger partial charge in [0.25, 0.3) is 5.56 Å². The van der Waals surface area contributed by atoms with Crippen LogP contribution in [0.25, 0.3) is 0 Å². The fourth-order valence-corrected chi connectivity index (χ4v) is 5.46. The van der Waals surface area contributed by atoms with Crippen LogP contribution < -0.4 is 5.56 Å². The molecule has 1 N–H and O–H groups in total. The summed E-state index contributed by atoms with van der Waals surface area (Å²) in [5.74, 6) is 1.71. The molecule has 5 rings (SSSR count). The third kappa shape index (κ3) is 3.91. The van der Waals surface area contributed by atoms with Crippen LogP contribution in [-0.2, 0) is 22.6 Å². The molecule has 3 fully saturated rings. The van der Waals surface area contributed by atoms with Gasteiger partial charge in [0, 0.05) is 31.8 Å². The fourth-order valence-electron chi connectivity index (χ4n) is 5.46. The van der Waals surface area contributed by atoms with Gasteiger partial charge in [-0.25, -0.2) is 4.98 Å². The van der Waals surface area contributed by atoms with E-state index in [0.29, 0.717) is 43.2 Å². The first-order chi connectivity index (χ1) is 14.6. The van der Waals surface area contributed by atoms with Crippen LogP contribution in [0.2, 0.25) is 0 Å². The number of H-pyrrole nitrogens is 1. The van der Waals surface area contributed by atoms with Crippen LogP contribution in [0.3, 0.4) is 0 Å². The molecule has 3 heterocycles. The quantitative estimate of drug-likeness (QED) is 0.824. The molecular weight excluding hydrogens is 380 g/mol. The summed E-state index contributed by atoms with van der Waals surface area (Å²) in [6.45, 7) is 1.74. The predicted octanol–water partition coefficient (Wildman–Crippen LogP) is 2.70. The molecule has 7 heteroatoms. The van der Waals surface area contributed by atoms with E-state index in [9.17, 15) is 14.4 Å². The maximum absolute atomic E-state index is 12.9. The van der Waals surface area contributed by atoms with E-state index in [1.807, 2.05) is 9.80 Å². The van der Waals surface area contributed by atoms with Crippen LogP contribution in [0.5, 0.6) is 0 Å². The Balaban J connectivity index is 1.30. The number of fused-ring (bicyclic) bond motifs is 1. The summed E-state index contributed by atoms with van der Waals surface area (Å²) >= 11 is 0. The zero-order valence-corrected chi connectivity index (χ0v) is 17.7. The molecule has 1 unspecified atom stereocenters. The van der Waals surface area contributed by atoms with Crippen molar-refractivity contribution >= 4 is 11.8 Å². The third-order valence-electron chi connectivity index (χ3n) is 7.41. The second-order valence-electron chi connectivity index (χ2n) is 9.61. The van der Waals surface area contributed by atoms with E-state index in [-0.39, 0.29) is 29.3 Å². The first-order valence-electron chi connectivity index (χ1n) is 11.8. The number of nitrogens with one attached hydrogen (secondary N) is 1. The molecular formula is C23H32N4O3. The molecule has 0 spiro atoms. The number of amides is 2. The molecule has 1 aromatic rings. The summed E-state index contributed by atoms with van der Waals surface area (Å²) in [6.07, 6.45) is 11.1. The van der Waals surface area contributed by atoms with Gasteiger partial charge >= 0.3 is 0 Å². The zero-order valence-electron chi connectivity index (χ0n) is 17.7. The SMILES string of the molecule is O=C(CC1CCCCC1)N1CCc2nc(C3CCCN3C(=O)C3CC3)[nH]c(=O)c2C1. The van der Waals surface area contributed by atoms with Crippen molar-refractivity contribution < 1.29 is 9.59 Å². The molecule has 2 amide bonds. The molecule has 7 nitrogen and oxygen atoms in total. The van der Waals surface area contributed by atoms with Crippen molar-refractivity contribution in [3.05, 3.63) is 27.4 Å². The molecule has 1 atom stereocenters. The number of aromatic amines is 1. The molecule has 2 aliphatic carbocycles. The standard InChI is InChI=1S/C23H32N4O3/c28-20(13-15-5-2-1-3-6-15)26-12-10-18-17(14-26)22(29)25-21(24-18)19-7-4-11-27(19)23(30)16-8-9-16/h15-16,19H,1-14H2,(H,24,25,29). The molecule has 4 aliphatic rings. The Kier molecular flexibility index (Phi) is 5.37. The van der Waals surface area contributed by atoms with Crippen LogP contribution in [0, 0.1) is 11.8 Å². The summed E-state index contributed by atoms with van der Waals surface area (Å²) in [5.41, 5.74) is 1.29. The van der Waals surface area contributed by atoms with Gasteiger partial charge in [0.2, 0.25) is 11.8 Å². The minimum absolute atomic E-state index is 0.109. The average molecular weight is 413 g/mol. The van der Waals surface area contributed by atoms with Crippen molar-refractivity contribution in [1.29, 1.82) is 0 Å². The Morgan fingerprint density at radius 1 is 1.00 bits per heavy atom. The topological polar surface area (TPSA) is 86.4 Å². The lowest BCUT2D eigenvalue weighted by Gasteiger charge is -2.31. The largest absolute Gasteiger partial charge is 0.338 e. The average Bonchev–Trinajstić information content (AvgIpc) is 3.50. The Bertz CT molecular complexity index is 885. The van der Waals surface area contributed by atoms with Gasteiger partial charge in [0.1, 0.15) is 5.82 Å². The lowest BCUT2D eigenvalue weighted by Crippen LogP contribution is -2.41. The van der Waals surface area contributed by atoms with E-state index >= 15 is 0 Å². The minimum Gasteiger partial charge on any atom is -0.338 e. The van der Waals surface area contributed by atoms with Gasteiger partial charge < -0.3 is 14.8 Å². The molecule has 0 aromatic carbocycles. The number of likely N-dealkylation sites (tertiary alicyclic amines) is 1. The summed E-state index contributed by atoms with van der Waals surface area (Å²) in [4.78, 5) is 49.8. The molecule has 1 aromatic heterocycles. The molecule has 1 saturated heterocycles. The van der Waals surface area contributed by atoms with Crippen molar-refractivity contribution in [2.45, 2.75) is 83.2 Å². The molecule has 2 saturated carbocycles. The van der Waals surface area contributed by atoms with Crippen molar-refractivity contribution in [3.8, 4) is 0 Å². The highest BCUT2D eigenvalue weighted by molar-refractivity contribution is 5.81. The van der Waals surface area contributed by atoms with Crippen molar-refractivity contribution in [2.24, 2.45) is 11.8 Å². The zero-order chi connectivity index (χ0) is 20.7. The van der Waals surface area contributed by atoms with Gasteiger partial charge in [-0.2, -0.15) is 0 Å². The Hall–Kier alpha value is -2.18. The van der Waals surface area contributed by atoms with Gasteiger partial charge in [-0.3, -0.25) is 14.4 Å². The highest BCUT2D eigenvalue weighted by Gasteiger charge is 2.40. The highest BCUT2D eigenvalue weighted by Crippen LogP contribution is 2.38. The van der Waals surface area contributed by atoms with Gasteiger partial charge in [-0.1, -0.05) is 19.3 Å². The number of rotatable bonds is 4. The maximum atomic E-state index is 12.9. The van der Waals surface area contributed by atoms with E-state index in [0.717, 1.165) is 50.8 Å². The van der Waals surface area contributed by atoms with Crippen LogP contribution in [-0.4, -0.2) is 44.7 Å². The summed E-state index contributed by atoms with van der Waals surface area (Å²) in [7, 11) is 0. The Labute approximate surface area is 177 Å². The van der Waals surface area contributed by atoms with E-state index in [1.165, 1.54) is 19.3 Å². The first kappa shape index (κ1) is 19.8. The normalized spacial score (nSPS) is 24.7. The number of hydrogen-bond donors (Lipinski definition) is 1. The summed E-state index contributed by atoms with van der Waals surface area (Å²) in [6, 6.07) is -0.109. The van der Waals surface area contributed by atoms with E-state index in [4.69, 9.17) is 4.98 Å². The Morgan fingerprint density at radius 2 is 1.80 bits per heavy atom. The van der Waals surface area contributed by atoms with Crippen molar-refractivity contribution in [1.82, 2.24) is 19.8 Å². The fraction of sp³-hybridized carbons (Fsp3) is 0.739. The second kappa shape index (κ2) is 8.16. The molecule has 30 heavy (non-hydrogen) atoms.